The van der Waals surface area contributed by atoms with E-state index >= 15 is 0 Å². The van der Waals surface area contributed by atoms with Crippen LogP contribution in [0.4, 0.5) is 18.9 Å². The Morgan fingerprint density at radius 1 is 1.30 bits per heavy atom. The molecule has 2 atom stereocenters. The maximum absolute atomic E-state index is 13.2. The zero-order chi connectivity index (χ0) is 22.1. The van der Waals surface area contributed by atoms with Crippen molar-refractivity contribution in [2.24, 2.45) is 11.3 Å². The molecule has 1 saturated carbocycles. The van der Waals surface area contributed by atoms with Crippen LogP contribution < -0.4 is 9.64 Å². The summed E-state index contributed by atoms with van der Waals surface area (Å²) in [5, 5.41) is 11.2. The number of ether oxygens (including phenoxy) is 1. The van der Waals surface area contributed by atoms with Crippen molar-refractivity contribution >= 4 is 23.4 Å². The van der Waals surface area contributed by atoms with E-state index in [4.69, 9.17) is 4.74 Å². The fourth-order valence-electron chi connectivity index (χ4n) is 4.18. The SMILES string of the molecule is CC(C)SCC1CCC2(CC1)CC(O)N(c1ccc(O[C@@H](C)C(F)(F)F)nc1)C2=O. The number of aliphatic hydroxyl groups excluding tert-OH is 1. The second-order valence-electron chi connectivity index (χ2n) is 8.62. The number of carbonyl (C=O) groups excluding carboxylic acids is 1. The van der Waals surface area contributed by atoms with Crippen molar-refractivity contribution < 1.29 is 27.8 Å². The number of aliphatic hydroxyl groups is 1. The van der Waals surface area contributed by atoms with Gasteiger partial charge in [-0.2, -0.15) is 24.9 Å². The molecule has 1 aromatic heterocycles. The number of aromatic nitrogens is 1. The fraction of sp³-hybridized carbons (Fsp3) is 0.714. The molecule has 1 aliphatic heterocycles. The smallest absolute Gasteiger partial charge is 0.425 e. The maximum Gasteiger partial charge on any atom is 0.425 e. The Morgan fingerprint density at radius 3 is 2.50 bits per heavy atom. The van der Waals surface area contributed by atoms with Gasteiger partial charge in [0.2, 0.25) is 11.8 Å². The van der Waals surface area contributed by atoms with Crippen LogP contribution in [0, 0.1) is 11.3 Å². The summed E-state index contributed by atoms with van der Waals surface area (Å²) in [4.78, 5) is 18.4. The molecule has 5 nitrogen and oxygen atoms in total. The highest BCUT2D eigenvalue weighted by Gasteiger charge is 2.52. The van der Waals surface area contributed by atoms with Gasteiger partial charge in [-0.15, -0.1) is 0 Å². The van der Waals surface area contributed by atoms with Crippen LogP contribution in [0.1, 0.15) is 52.9 Å². The average Bonchev–Trinajstić information content (AvgIpc) is 2.91. The van der Waals surface area contributed by atoms with Crippen LogP contribution in [-0.2, 0) is 4.79 Å². The summed E-state index contributed by atoms with van der Waals surface area (Å²) in [6.07, 6.45) is -2.34. The molecule has 1 saturated heterocycles. The van der Waals surface area contributed by atoms with Gasteiger partial charge in [-0.3, -0.25) is 9.69 Å². The molecular formula is C21H29F3N2O3S. The monoisotopic (exact) mass is 446 g/mol. The number of anilines is 1. The van der Waals surface area contributed by atoms with Crippen molar-refractivity contribution in [2.45, 2.75) is 76.6 Å². The summed E-state index contributed by atoms with van der Waals surface area (Å²) < 4.78 is 42.7. The van der Waals surface area contributed by atoms with E-state index < -0.39 is 23.9 Å². The molecule has 0 aromatic carbocycles. The summed E-state index contributed by atoms with van der Waals surface area (Å²) in [5.74, 6) is 1.39. The Morgan fingerprint density at radius 2 is 1.97 bits per heavy atom. The topological polar surface area (TPSA) is 62.7 Å². The average molecular weight is 447 g/mol. The summed E-state index contributed by atoms with van der Waals surface area (Å²) in [7, 11) is 0. The van der Waals surface area contributed by atoms with E-state index in [9.17, 15) is 23.1 Å². The van der Waals surface area contributed by atoms with Gasteiger partial charge in [0.05, 0.1) is 17.3 Å². The van der Waals surface area contributed by atoms with Crippen LogP contribution in [0.25, 0.3) is 0 Å². The van der Waals surface area contributed by atoms with Gasteiger partial charge in [0.25, 0.3) is 0 Å². The molecule has 168 valence electrons. The van der Waals surface area contributed by atoms with Crippen LogP contribution in [0.5, 0.6) is 5.88 Å². The van der Waals surface area contributed by atoms with Crippen LogP contribution >= 0.6 is 11.8 Å². The Bertz CT molecular complexity index is 734. The van der Waals surface area contributed by atoms with Gasteiger partial charge in [-0.25, -0.2) is 4.98 Å². The van der Waals surface area contributed by atoms with Crippen molar-refractivity contribution in [3.63, 3.8) is 0 Å². The zero-order valence-corrected chi connectivity index (χ0v) is 18.3. The highest BCUT2D eigenvalue weighted by molar-refractivity contribution is 7.99. The van der Waals surface area contributed by atoms with Crippen LogP contribution in [0.3, 0.4) is 0 Å². The fourth-order valence-corrected chi connectivity index (χ4v) is 5.17. The Hall–Kier alpha value is -1.48. The van der Waals surface area contributed by atoms with Gasteiger partial charge in [-0.05, 0) is 55.6 Å². The summed E-state index contributed by atoms with van der Waals surface area (Å²) in [5.41, 5.74) is -0.188. The molecule has 0 bridgehead atoms. The molecule has 0 radical (unpaired) electrons. The highest BCUT2D eigenvalue weighted by atomic mass is 32.2. The van der Waals surface area contributed by atoms with Gasteiger partial charge >= 0.3 is 6.18 Å². The minimum absolute atomic E-state index is 0.121. The Balaban J connectivity index is 1.65. The third kappa shape index (κ3) is 5.04. The lowest BCUT2D eigenvalue weighted by Gasteiger charge is -2.35. The van der Waals surface area contributed by atoms with E-state index in [0.717, 1.165) is 38.4 Å². The molecule has 1 spiro atoms. The number of halogens is 3. The predicted octanol–water partition coefficient (Wildman–Crippen LogP) is 4.78. The Labute approximate surface area is 179 Å². The quantitative estimate of drug-likeness (QED) is 0.681. The second-order valence-corrected chi connectivity index (χ2v) is 10.2. The second kappa shape index (κ2) is 8.94. The van der Waals surface area contributed by atoms with Crippen LogP contribution in [0.15, 0.2) is 18.3 Å². The van der Waals surface area contributed by atoms with Crippen LogP contribution in [-0.4, -0.2) is 45.5 Å². The number of amides is 1. The molecule has 2 fully saturated rings. The first-order valence-corrected chi connectivity index (χ1v) is 11.4. The standard InChI is InChI=1S/C21H29F3N2O3S/c1-13(2)30-12-15-6-8-20(9-7-15)10-18(27)26(19(20)28)16-4-5-17(25-11-16)29-14(3)21(22,23)24/h4-5,11,13-15,18,27H,6-10,12H2,1-3H3/t14-,15?,18?,20?/m0/s1. The number of hydrogen-bond acceptors (Lipinski definition) is 5. The van der Waals surface area contributed by atoms with E-state index in [1.54, 1.807) is 0 Å². The molecule has 9 heteroatoms. The number of rotatable bonds is 6. The van der Waals surface area contributed by atoms with Gasteiger partial charge < -0.3 is 9.84 Å². The van der Waals surface area contributed by atoms with Gasteiger partial charge in [-0.1, -0.05) is 13.8 Å². The van der Waals surface area contributed by atoms with Crippen molar-refractivity contribution in [1.29, 1.82) is 0 Å². The molecular weight excluding hydrogens is 417 g/mol. The van der Waals surface area contributed by atoms with Gasteiger partial charge in [0.1, 0.15) is 6.23 Å². The lowest BCUT2D eigenvalue weighted by Crippen LogP contribution is -2.39. The summed E-state index contributed by atoms with van der Waals surface area (Å²) in [6.45, 7) is 5.26. The van der Waals surface area contributed by atoms with Gasteiger partial charge in [0, 0.05) is 12.5 Å². The van der Waals surface area contributed by atoms with Gasteiger partial charge in [0.15, 0.2) is 6.10 Å². The number of thioether (sulfide) groups is 1. The van der Waals surface area contributed by atoms with Crippen molar-refractivity contribution in [3.8, 4) is 5.88 Å². The molecule has 2 heterocycles. The Kier molecular flexibility index (Phi) is 6.91. The number of pyridine rings is 1. The van der Waals surface area contributed by atoms with E-state index in [2.05, 4.69) is 18.8 Å². The zero-order valence-electron chi connectivity index (χ0n) is 17.5. The molecule has 30 heavy (non-hydrogen) atoms. The lowest BCUT2D eigenvalue weighted by atomic mass is 9.69. The highest BCUT2D eigenvalue weighted by Crippen LogP contribution is 2.49. The molecule has 2 aliphatic rings. The molecule has 1 N–H and O–H groups in total. The molecule has 1 unspecified atom stereocenters. The molecule has 1 aliphatic carbocycles. The minimum Gasteiger partial charge on any atom is -0.465 e. The number of carbonyl (C=O) groups is 1. The summed E-state index contributed by atoms with van der Waals surface area (Å²) in [6, 6.07) is 2.76. The van der Waals surface area contributed by atoms with Crippen molar-refractivity contribution in [2.75, 3.05) is 10.7 Å². The molecule has 1 amide bonds. The largest absolute Gasteiger partial charge is 0.465 e. The first-order valence-electron chi connectivity index (χ1n) is 10.3. The number of alkyl halides is 3. The van der Waals surface area contributed by atoms with Crippen LogP contribution in [0.2, 0.25) is 0 Å². The lowest BCUT2D eigenvalue weighted by molar-refractivity contribution is -0.189. The first kappa shape index (κ1) is 23.2. The number of nitrogens with zero attached hydrogens (tertiary/aromatic N) is 2. The van der Waals surface area contributed by atoms with E-state index in [-0.39, 0.29) is 11.8 Å². The van der Waals surface area contributed by atoms with E-state index in [1.807, 2.05) is 11.8 Å². The van der Waals surface area contributed by atoms with E-state index in [1.165, 1.54) is 23.2 Å². The molecule has 1 aromatic rings. The van der Waals surface area contributed by atoms with Crippen molar-refractivity contribution in [3.05, 3.63) is 18.3 Å². The molecule has 3 rings (SSSR count). The predicted molar refractivity (Wildman–Crippen MR) is 110 cm³/mol. The van der Waals surface area contributed by atoms with E-state index in [0.29, 0.717) is 23.3 Å². The summed E-state index contributed by atoms with van der Waals surface area (Å²) >= 11 is 1.94. The minimum atomic E-state index is -4.49. The van der Waals surface area contributed by atoms with Crippen molar-refractivity contribution in [1.82, 2.24) is 4.98 Å². The third-order valence-corrected chi connectivity index (χ3v) is 7.36. The number of hydrogen-bond donors (Lipinski definition) is 1. The maximum atomic E-state index is 13.2. The first-order chi connectivity index (χ1) is 14.0. The third-order valence-electron chi connectivity index (χ3n) is 6.03. The normalized spacial score (nSPS) is 28.4.